The largest absolute Gasteiger partial charge is 0.289 e. The standard InChI is InChI=1S/C15H7ClO3/c16-13-6-12-11(5-8(13)7-17)14(18)9-3-1-2-4-10(9)15(12)19/h1-6,13H. The van der Waals surface area contributed by atoms with E-state index in [2.05, 4.69) is 0 Å². The van der Waals surface area contributed by atoms with Crippen molar-refractivity contribution < 1.29 is 14.4 Å². The zero-order chi connectivity index (χ0) is 13.6. The fourth-order valence-electron chi connectivity index (χ4n) is 2.28. The summed E-state index contributed by atoms with van der Waals surface area (Å²) in [6, 6.07) is 6.62. The van der Waals surface area contributed by atoms with E-state index in [0.29, 0.717) is 11.1 Å². The van der Waals surface area contributed by atoms with Gasteiger partial charge in [-0.1, -0.05) is 24.3 Å². The maximum atomic E-state index is 12.3. The average molecular weight is 271 g/mol. The van der Waals surface area contributed by atoms with Gasteiger partial charge in [0, 0.05) is 22.3 Å². The second-order valence-corrected chi connectivity index (χ2v) is 4.77. The number of Topliss-reactive ketones (excluding diaryl/α,β-unsaturated/α-hetero) is 2. The summed E-state index contributed by atoms with van der Waals surface area (Å²) in [4.78, 5) is 35.4. The fraction of sp³-hybridized carbons (Fsp3) is 0.0667. The predicted octanol–water partition coefficient (Wildman–Crippen LogP) is 2.30. The molecule has 0 saturated carbocycles. The van der Waals surface area contributed by atoms with Crippen molar-refractivity contribution in [3.05, 3.63) is 64.3 Å². The summed E-state index contributed by atoms with van der Waals surface area (Å²) in [7, 11) is 0. The molecule has 4 heteroatoms. The maximum absolute atomic E-state index is 12.3. The fourth-order valence-corrected chi connectivity index (χ4v) is 2.51. The highest BCUT2D eigenvalue weighted by atomic mass is 35.5. The molecule has 0 aliphatic heterocycles. The minimum Gasteiger partial charge on any atom is -0.289 e. The van der Waals surface area contributed by atoms with E-state index >= 15 is 0 Å². The third kappa shape index (κ3) is 1.64. The molecule has 0 heterocycles. The van der Waals surface area contributed by atoms with Crippen LogP contribution in [0.2, 0.25) is 0 Å². The Kier molecular flexibility index (Phi) is 2.59. The summed E-state index contributed by atoms with van der Waals surface area (Å²) in [6.45, 7) is 0. The van der Waals surface area contributed by atoms with Gasteiger partial charge >= 0.3 is 0 Å². The van der Waals surface area contributed by atoms with Crippen LogP contribution in [0.25, 0.3) is 0 Å². The van der Waals surface area contributed by atoms with Gasteiger partial charge in [-0.2, -0.15) is 0 Å². The quantitative estimate of drug-likeness (QED) is 0.537. The average Bonchev–Trinajstić information content (AvgIpc) is 2.44. The Labute approximate surface area is 113 Å². The Morgan fingerprint density at radius 2 is 1.58 bits per heavy atom. The van der Waals surface area contributed by atoms with Gasteiger partial charge in [-0.3, -0.25) is 9.59 Å². The number of hydrogen-bond acceptors (Lipinski definition) is 3. The van der Waals surface area contributed by atoms with E-state index < -0.39 is 5.38 Å². The molecular weight excluding hydrogens is 264 g/mol. The maximum Gasteiger partial charge on any atom is 0.194 e. The zero-order valence-corrected chi connectivity index (χ0v) is 10.4. The number of benzene rings is 1. The minimum absolute atomic E-state index is 0.168. The van der Waals surface area contributed by atoms with Crippen LogP contribution in [-0.4, -0.2) is 22.9 Å². The minimum atomic E-state index is -0.724. The van der Waals surface area contributed by atoms with Crippen molar-refractivity contribution in [2.45, 2.75) is 5.38 Å². The van der Waals surface area contributed by atoms with Crippen molar-refractivity contribution in [3.8, 4) is 0 Å². The summed E-state index contributed by atoms with van der Waals surface area (Å²) in [5.41, 5.74) is 1.38. The van der Waals surface area contributed by atoms with E-state index in [1.807, 2.05) is 0 Å². The highest BCUT2D eigenvalue weighted by Gasteiger charge is 2.35. The molecule has 1 aromatic carbocycles. The number of allylic oxidation sites excluding steroid dienone is 5. The molecular formula is C15H7ClO3. The second-order valence-electron chi connectivity index (χ2n) is 4.30. The van der Waals surface area contributed by atoms with Crippen LogP contribution in [0, 0.1) is 0 Å². The molecule has 92 valence electrons. The van der Waals surface area contributed by atoms with Crippen LogP contribution in [0.1, 0.15) is 20.7 Å². The number of halogens is 1. The van der Waals surface area contributed by atoms with Gasteiger partial charge in [0.1, 0.15) is 5.94 Å². The van der Waals surface area contributed by atoms with Crippen LogP contribution >= 0.6 is 11.6 Å². The van der Waals surface area contributed by atoms with E-state index in [-0.39, 0.29) is 28.3 Å². The third-order valence-electron chi connectivity index (χ3n) is 3.22. The SMILES string of the molecule is O=C=C1C=C2C(=O)c3ccccc3C(=O)C2=CC1Cl. The number of carbonyl (C=O) groups excluding carboxylic acids is 3. The molecule has 0 fully saturated rings. The molecule has 0 amide bonds. The van der Waals surface area contributed by atoms with Gasteiger partial charge in [0.05, 0.1) is 11.0 Å². The molecule has 3 nitrogen and oxygen atoms in total. The first-order valence-corrected chi connectivity index (χ1v) is 6.08. The van der Waals surface area contributed by atoms with Crippen LogP contribution in [-0.2, 0) is 4.79 Å². The monoisotopic (exact) mass is 270 g/mol. The van der Waals surface area contributed by atoms with Gasteiger partial charge in [0.15, 0.2) is 11.6 Å². The Morgan fingerprint density at radius 1 is 1.00 bits per heavy atom. The van der Waals surface area contributed by atoms with Crippen molar-refractivity contribution in [2.24, 2.45) is 0 Å². The molecule has 2 aliphatic rings. The lowest BCUT2D eigenvalue weighted by atomic mass is 9.78. The molecule has 0 aromatic heterocycles. The summed E-state index contributed by atoms with van der Waals surface area (Å²) >= 11 is 5.96. The number of alkyl halides is 1. The first-order chi connectivity index (χ1) is 9.13. The van der Waals surface area contributed by atoms with Crippen LogP contribution in [0.5, 0.6) is 0 Å². The topological polar surface area (TPSA) is 51.2 Å². The number of hydrogen-bond donors (Lipinski definition) is 0. The molecule has 19 heavy (non-hydrogen) atoms. The number of rotatable bonds is 0. The second kappa shape index (κ2) is 4.16. The summed E-state index contributed by atoms with van der Waals surface area (Å²) in [5.74, 6) is 1.19. The van der Waals surface area contributed by atoms with E-state index in [1.165, 1.54) is 12.2 Å². The first-order valence-electron chi connectivity index (χ1n) is 5.65. The van der Waals surface area contributed by atoms with Crippen LogP contribution in [0.4, 0.5) is 0 Å². The Bertz CT molecular complexity index is 734. The summed E-state index contributed by atoms with van der Waals surface area (Å²) < 4.78 is 0. The smallest absolute Gasteiger partial charge is 0.194 e. The highest BCUT2D eigenvalue weighted by Crippen LogP contribution is 2.34. The Hall–Kier alpha value is -2.22. The van der Waals surface area contributed by atoms with E-state index in [9.17, 15) is 14.4 Å². The number of carbonyl (C=O) groups is 2. The van der Waals surface area contributed by atoms with E-state index in [0.717, 1.165) is 0 Å². The van der Waals surface area contributed by atoms with Crippen molar-refractivity contribution in [1.82, 2.24) is 0 Å². The number of fused-ring (bicyclic) bond motifs is 2. The lowest BCUT2D eigenvalue weighted by Gasteiger charge is -2.23. The van der Waals surface area contributed by atoms with Gasteiger partial charge < -0.3 is 0 Å². The number of ketones is 2. The first kappa shape index (κ1) is 11.8. The molecule has 0 radical (unpaired) electrons. The molecule has 1 unspecified atom stereocenters. The Balaban J connectivity index is 2.29. The Morgan fingerprint density at radius 3 is 2.16 bits per heavy atom. The normalized spacial score (nSPS) is 21.1. The zero-order valence-electron chi connectivity index (χ0n) is 9.64. The van der Waals surface area contributed by atoms with Crippen molar-refractivity contribution in [1.29, 1.82) is 0 Å². The molecule has 1 aromatic rings. The lowest BCUT2D eigenvalue weighted by molar-refractivity contribution is 0.0972. The molecule has 0 spiro atoms. The third-order valence-corrected chi connectivity index (χ3v) is 3.58. The van der Waals surface area contributed by atoms with Crippen molar-refractivity contribution in [3.63, 3.8) is 0 Å². The molecule has 0 bridgehead atoms. The summed E-state index contributed by atoms with van der Waals surface area (Å²) in [6.07, 6.45) is 2.80. The molecule has 2 aliphatic carbocycles. The van der Waals surface area contributed by atoms with Crippen LogP contribution in [0.15, 0.2) is 53.1 Å². The predicted molar refractivity (Wildman–Crippen MR) is 70.1 cm³/mol. The molecule has 3 rings (SSSR count). The van der Waals surface area contributed by atoms with Gasteiger partial charge in [-0.15, -0.1) is 11.6 Å². The molecule has 0 saturated heterocycles. The van der Waals surface area contributed by atoms with Crippen LogP contribution in [0.3, 0.4) is 0 Å². The van der Waals surface area contributed by atoms with Crippen LogP contribution < -0.4 is 0 Å². The molecule has 0 N–H and O–H groups in total. The molecule has 1 atom stereocenters. The highest BCUT2D eigenvalue weighted by molar-refractivity contribution is 6.33. The van der Waals surface area contributed by atoms with Crippen molar-refractivity contribution in [2.75, 3.05) is 0 Å². The summed E-state index contributed by atoms with van der Waals surface area (Å²) in [5, 5.41) is -0.724. The van der Waals surface area contributed by atoms with E-state index in [1.54, 1.807) is 30.2 Å². The van der Waals surface area contributed by atoms with Gasteiger partial charge in [0.25, 0.3) is 0 Å². The lowest BCUT2D eigenvalue weighted by Crippen LogP contribution is -2.26. The van der Waals surface area contributed by atoms with Gasteiger partial charge in [0.2, 0.25) is 0 Å². The van der Waals surface area contributed by atoms with Gasteiger partial charge in [-0.05, 0) is 12.2 Å². The van der Waals surface area contributed by atoms with Gasteiger partial charge in [-0.25, -0.2) is 4.79 Å². The van der Waals surface area contributed by atoms with E-state index in [4.69, 9.17) is 11.6 Å². The van der Waals surface area contributed by atoms with Crippen molar-refractivity contribution >= 4 is 29.1 Å².